The first-order chi connectivity index (χ1) is 10.4. The third kappa shape index (κ3) is 3.52. The van der Waals surface area contributed by atoms with Gasteiger partial charge in [0.2, 0.25) is 0 Å². The molecule has 106 valence electrons. The molecule has 0 bridgehead atoms. The largest absolute Gasteiger partial charge is 0.312 e. The molecule has 0 saturated carbocycles. The number of H-pyrrole nitrogens is 1. The van der Waals surface area contributed by atoms with E-state index < -0.39 is 0 Å². The quantitative estimate of drug-likeness (QED) is 0.679. The van der Waals surface area contributed by atoms with Crippen LogP contribution in [0.4, 0.5) is 0 Å². The summed E-state index contributed by atoms with van der Waals surface area (Å²) in [7, 11) is 0. The lowest BCUT2D eigenvalue weighted by atomic mass is 10.1. The number of nitrogens with zero attached hydrogens (tertiary/aromatic N) is 3. The molecule has 3 heterocycles. The van der Waals surface area contributed by atoms with Gasteiger partial charge in [-0.25, -0.2) is 0 Å². The predicted octanol–water partition coefficient (Wildman–Crippen LogP) is 2.20. The van der Waals surface area contributed by atoms with Crippen LogP contribution in [0.5, 0.6) is 0 Å². The van der Waals surface area contributed by atoms with Gasteiger partial charge in [0.15, 0.2) is 0 Å². The van der Waals surface area contributed by atoms with E-state index >= 15 is 0 Å². The van der Waals surface area contributed by atoms with Crippen molar-refractivity contribution in [3.05, 3.63) is 66.4 Å². The third-order valence-electron chi connectivity index (χ3n) is 3.27. The average molecular weight is 279 g/mol. The molecule has 0 aliphatic rings. The summed E-state index contributed by atoms with van der Waals surface area (Å²) < 4.78 is 0. The Hall–Kier alpha value is -2.53. The molecule has 0 saturated heterocycles. The Kier molecular flexibility index (Phi) is 4.33. The predicted molar refractivity (Wildman–Crippen MR) is 81.5 cm³/mol. The van der Waals surface area contributed by atoms with Crippen molar-refractivity contribution in [2.75, 3.05) is 6.54 Å². The van der Waals surface area contributed by atoms with Crippen molar-refractivity contribution in [3.63, 3.8) is 0 Å². The van der Waals surface area contributed by atoms with Crippen LogP contribution in [0.3, 0.4) is 0 Å². The molecule has 0 radical (unpaired) electrons. The number of pyridine rings is 2. The topological polar surface area (TPSA) is 66.5 Å². The number of aromatic amines is 1. The van der Waals surface area contributed by atoms with Crippen LogP contribution in [0.25, 0.3) is 11.3 Å². The van der Waals surface area contributed by atoms with Crippen LogP contribution >= 0.6 is 0 Å². The second-order valence-electron chi connectivity index (χ2n) is 4.76. The number of aromatic nitrogens is 4. The maximum Gasteiger partial charge on any atom is 0.0710 e. The first-order valence-electron chi connectivity index (χ1n) is 6.97. The Labute approximate surface area is 123 Å². The molecule has 0 aliphatic carbocycles. The normalized spacial score (nSPS) is 10.7. The van der Waals surface area contributed by atoms with Crippen molar-refractivity contribution in [2.45, 2.75) is 13.0 Å². The summed E-state index contributed by atoms with van der Waals surface area (Å²) in [5.41, 5.74) is 4.32. The molecule has 5 heteroatoms. The van der Waals surface area contributed by atoms with E-state index in [0.717, 1.165) is 42.0 Å². The summed E-state index contributed by atoms with van der Waals surface area (Å²) in [6, 6.07) is 9.94. The molecule has 0 unspecified atom stereocenters. The van der Waals surface area contributed by atoms with Gasteiger partial charge in [-0.15, -0.1) is 0 Å². The van der Waals surface area contributed by atoms with Gasteiger partial charge in [-0.1, -0.05) is 6.07 Å². The molecule has 21 heavy (non-hydrogen) atoms. The van der Waals surface area contributed by atoms with E-state index in [9.17, 15) is 0 Å². The first kappa shape index (κ1) is 13.5. The number of rotatable bonds is 6. The van der Waals surface area contributed by atoms with Crippen molar-refractivity contribution < 1.29 is 0 Å². The highest BCUT2D eigenvalue weighted by molar-refractivity contribution is 5.61. The molecule has 0 fully saturated rings. The lowest BCUT2D eigenvalue weighted by molar-refractivity contribution is 0.681. The second-order valence-corrected chi connectivity index (χ2v) is 4.76. The maximum absolute atomic E-state index is 4.31. The molecule has 3 rings (SSSR count). The highest BCUT2D eigenvalue weighted by Crippen LogP contribution is 2.19. The third-order valence-corrected chi connectivity index (χ3v) is 3.27. The fraction of sp³-hybridized carbons (Fsp3) is 0.188. The van der Waals surface area contributed by atoms with Gasteiger partial charge in [-0.3, -0.25) is 15.1 Å². The molecule has 0 amide bonds. The van der Waals surface area contributed by atoms with Gasteiger partial charge in [0.25, 0.3) is 0 Å². The van der Waals surface area contributed by atoms with Gasteiger partial charge in [-0.2, -0.15) is 5.10 Å². The summed E-state index contributed by atoms with van der Waals surface area (Å²) in [6.45, 7) is 1.65. The monoisotopic (exact) mass is 279 g/mol. The molecule has 0 spiro atoms. The summed E-state index contributed by atoms with van der Waals surface area (Å²) in [4.78, 5) is 8.45. The van der Waals surface area contributed by atoms with Crippen LogP contribution in [0, 0.1) is 0 Å². The Morgan fingerprint density at radius 1 is 1.05 bits per heavy atom. The summed E-state index contributed by atoms with van der Waals surface area (Å²) >= 11 is 0. The van der Waals surface area contributed by atoms with Crippen molar-refractivity contribution >= 4 is 0 Å². The molecule has 2 N–H and O–H groups in total. The first-order valence-corrected chi connectivity index (χ1v) is 6.97. The maximum atomic E-state index is 4.31. The van der Waals surface area contributed by atoms with Crippen LogP contribution < -0.4 is 5.32 Å². The molecule has 3 aromatic heterocycles. The fourth-order valence-corrected chi connectivity index (χ4v) is 2.19. The highest BCUT2D eigenvalue weighted by atomic mass is 15.1. The molecule has 5 nitrogen and oxygen atoms in total. The van der Waals surface area contributed by atoms with Gasteiger partial charge in [-0.05, 0) is 24.3 Å². The summed E-state index contributed by atoms with van der Waals surface area (Å²) in [5, 5.41) is 10.6. The van der Waals surface area contributed by atoms with Gasteiger partial charge in [0, 0.05) is 54.9 Å². The smallest absolute Gasteiger partial charge is 0.0710 e. The van der Waals surface area contributed by atoms with E-state index in [1.54, 1.807) is 6.20 Å². The van der Waals surface area contributed by atoms with Crippen molar-refractivity contribution in [1.82, 2.24) is 25.5 Å². The minimum Gasteiger partial charge on any atom is -0.312 e. The van der Waals surface area contributed by atoms with Gasteiger partial charge in [0.05, 0.1) is 11.9 Å². The molecule has 0 aromatic carbocycles. The van der Waals surface area contributed by atoms with E-state index in [2.05, 4.69) is 25.5 Å². The zero-order chi connectivity index (χ0) is 14.3. The van der Waals surface area contributed by atoms with E-state index in [0.29, 0.717) is 0 Å². The fourth-order valence-electron chi connectivity index (χ4n) is 2.19. The lowest BCUT2D eigenvalue weighted by Gasteiger charge is -2.05. The highest BCUT2D eigenvalue weighted by Gasteiger charge is 2.07. The Bertz CT molecular complexity index is 663. The van der Waals surface area contributed by atoms with E-state index in [1.807, 2.05) is 48.9 Å². The summed E-state index contributed by atoms with van der Waals surface area (Å²) in [6.07, 6.45) is 8.21. The van der Waals surface area contributed by atoms with Crippen LogP contribution in [-0.2, 0) is 13.0 Å². The summed E-state index contributed by atoms with van der Waals surface area (Å²) in [5.74, 6) is 0. The molecular weight excluding hydrogens is 262 g/mol. The Morgan fingerprint density at radius 3 is 2.86 bits per heavy atom. The van der Waals surface area contributed by atoms with Crippen molar-refractivity contribution in [2.24, 2.45) is 0 Å². The number of nitrogens with one attached hydrogen (secondary N) is 2. The minimum atomic E-state index is 0.771. The van der Waals surface area contributed by atoms with Crippen LogP contribution in [0.2, 0.25) is 0 Å². The van der Waals surface area contributed by atoms with Crippen molar-refractivity contribution in [3.8, 4) is 11.3 Å². The van der Waals surface area contributed by atoms with Crippen LogP contribution in [0.1, 0.15) is 11.3 Å². The Morgan fingerprint density at radius 2 is 2.05 bits per heavy atom. The zero-order valence-corrected chi connectivity index (χ0v) is 11.7. The molecule has 3 aromatic rings. The lowest BCUT2D eigenvalue weighted by Crippen LogP contribution is -2.17. The zero-order valence-electron chi connectivity index (χ0n) is 11.7. The molecule has 0 atom stereocenters. The van der Waals surface area contributed by atoms with E-state index in [1.165, 1.54) is 0 Å². The molecule has 0 aliphatic heterocycles. The van der Waals surface area contributed by atoms with Gasteiger partial charge >= 0.3 is 0 Å². The van der Waals surface area contributed by atoms with Gasteiger partial charge < -0.3 is 5.32 Å². The van der Waals surface area contributed by atoms with Crippen molar-refractivity contribution in [1.29, 1.82) is 0 Å². The number of hydrogen-bond acceptors (Lipinski definition) is 4. The van der Waals surface area contributed by atoms with E-state index in [4.69, 9.17) is 0 Å². The Balaban J connectivity index is 1.56. The van der Waals surface area contributed by atoms with E-state index in [-0.39, 0.29) is 0 Å². The SMILES string of the molecule is c1ccc(CCNCc2cn[nH]c2-c2cccnc2)nc1. The minimum absolute atomic E-state index is 0.771. The number of hydrogen-bond donors (Lipinski definition) is 2. The molecular formula is C16H17N5. The van der Waals surface area contributed by atoms with Crippen LogP contribution in [0.15, 0.2) is 55.1 Å². The average Bonchev–Trinajstić information content (AvgIpc) is 3.02. The standard InChI is InChI=1S/C16H17N5/c1-2-8-19-15(5-1)6-9-18-11-14-12-20-21-16(14)13-4-3-7-17-10-13/h1-5,7-8,10,12,18H,6,9,11H2,(H,20,21). The second kappa shape index (κ2) is 6.76. The van der Waals surface area contributed by atoms with Crippen LogP contribution in [-0.4, -0.2) is 26.7 Å². The van der Waals surface area contributed by atoms with Gasteiger partial charge in [0.1, 0.15) is 0 Å².